The van der Waals surface area contributed by atoms with E-state index in [2.05, 4.69) is 17.4 Å². The van der Waals surface area contributed by atoms with E-state index in [1.54, 1.807) is 84.6 Å². The van der Waals surface area contributed by atoms with Crippen LogP contribution in [0, 0.1) is 6.92 Å². The van der Waals surface area contributed by atoms with E-state index in [-0.39, 0.29) is 17.3 Å². The lowest BCUT2D eigenvalue weighted by Crippen LogP contribution is -2.34. The number of nitrogens with zero attached hydrogens (tertiary/aromatic N) is 1. The maximum Gasteiger partial charge on any atom is 0.264 e. The highest BCUT2D eigenvalue weighted by Crippen LogP contribution is 2.30. The molecule has 4 aromatic rings. The van der Waals surface area contributed by atoms with Crippen LogP contribution in [0.4, 0.5) is 5.69 Å². The van der Waals surface area contributed by atoms with Gasteiger partial charge in [-0.25, -0.2) is 8.42 Å². The molecule has 0 aliphatic heterocycles. The molecule has 4 aromatic carbocycles. The summed E-state index contributed by atoms with van der Waals surface area (Å²) in [5.74, 6) is 1.27. The second-order valence-electron chi connectivity index (χ2n) is 8.76. The third-order valence-corrected chi connectivity index (χ3v) is 8.97. The number of benzene rings is 4. The Bertz CT molecular complexity index is 1460. The van der Waals surface area contributed by atoms with Crippen molar-refractivity contribution < 1.29 is 13.2 Å². The molecule has 1 N–H and O–H groups in total. The topological polar surface area (TPSA) is 66.5 Å². The molecule has 0 unspecified atom stereocenters. The molecule has 5 nitrogen and oxygen atoms in total. The van der Waals surface area contributed by atoms with Crippen molar-refractivity contribution in [2.75, 3.05) is 16.6 Å². The predicted octanol–water partition coefficient (Wildman–Crippen LogP) is 6.71. The average Bonchev–Trinajstić information content (AvgIpc) is 2.93. The van der Waals surface area contributed by atoms with Crippen LogP contribution >= 0.6 is 23.4 Å². The first kappa shape index (κ1) is 27.8. The Morgan fingerprint density at radius 2 is 1.50 bits per heavy atom. The summed E-state index contributed by atoms with van der Waals surface area (Å²) in [7, 11) is -3.98. The van der Waals surface area contributed by atoms with Crippen molar-refractivity contribution in [1.82, 2.24) is 5.32 Å². The highest BCUT2D eigenvalue weighted by atomic mass is 35.5. The fourth-order valence-electron chi connectivity index (χ4n) is 3.87. The minimum Gasteiger partial charge on any atom is -0.351 e. The van der Waals surface area contributed by atoms with Crippen molar-refractivity contribution in [3.05, 3.63) is 130 Å². The Labute approximate surface area is 233 Å². The van der Waals surface area contributed by atoms with Crippen molar-refractivity contribution in [2.45, 2.75) is 24.1 Å². The lowest BCUT2D eigenvalue weighted by atomic mass is 10.1. The molecule has 0 fully saturated rings. The molecule has 0 saturated carbocycles. The Morgan fingerprint density at radius 3 is 2.21 bits per heavy atom. The van der Waals surface area contributed by atoms with Gasteiger partial charge in [0.2, 0.25) is 0 Å². The molecule has 0 atom stereocenters. The summed E-state index contributed by atoms with van der Waals surface area (Å²) in [5.41, 5.74) is 3.55. The van der Waals surface area contributed by atoms with Gasteiger partial charge in [-0.2, -0.15) is 11.8 Å². The van der Waals surface area contributed by atoms with Gasteiger partial charge >= 0.3 is 0 Å². The minimum absolute atomic E-state index is 0.0462. The summed E-state index contributed by atoms with van der Waals surface area (Å²) in [6, 6.07) is 30.7. The summed E-state index contributed by atoms with van der Waals surface area (Å²) >= 11 is 7.78. The van der Waals surface area contributed by atoms with Gasteiger partial charge in [0.05, 0.1) is 22.7 Å². The van der Waals surface area contributed by atoms with E-state index in [9.17, 15) is 13.2 Å². The molecule has 0 aromatic heterocycles. The van der Waals surface area contributed by atoms with Crippen molar-refractivity contribution in [3.63, 3.8) is 0 Å². The number of rotatable bonds is 11. The van der Waals surface area contributed by atoms with E-state index < -0.39 is 10.0 Å². The van der Waals surface area contributed by atoms with Crippen LogP contribution in [0.2, 0.25) is 5.02 Å². The standard InChI is InChI=1S/C30H29ClN2O3S2/c1-23-11-17-27(18-12-23)38(35,36)33(21-24-13-15-26(31)16-14-24)29-10-6-5-9-28(29)30(34)32-19-20-37-22-25-7-3-2-4-8-25/h2-18H,19-22H2,1H3,(H,32,34). The minimum atomic E-state index is -3.98. The van der Waals surface area contributed by atoms with Gasteiger partial charge in [-0.05, 0) is 54.4 Å². The number of amides is 1. The Morgan fingerprint density at radius 1 is 0.842 bits per heavy atom. The van der Waals surface area contributed by atoms with Gasteiger partial charge in [0.25, 0.3) is 15.9 Å². The van der Waals surface area contributed by atoms with Crippen LogP contribution in [0.15, 0.2) is 108 Å². The SMILES string of the molecule is Cc1ccc(S(=O)(=O)N(Cc2ccc(Cl)cc2)c2ccccc2C(=O)NCCSCc2ccccc2)cc1. The van der Waals surface area contributed by atoms with Crippen LogP contribution in [-0.2, 0) is 22.3 Å². The Balaban J connectivity index is 1.57. The molecular weight excluding hydrogens is 536 g/mol. The Kier molecular flexibility index (Phi) is 9.50. The third kappa shape index (κ3) is 7.19. The van der Waals surface area contributed by atoms with Gasteiger partial charge in [0.1, 0.15) is 0 Å². The number of hydrogen-bond donors (Lipinski definition) is 1. The zero-order valence-corrected chi connectivity index (χ0v) is 23.4. The van der Waals surface area contributed by atoms with E-state index in [1.165, 1.54) is 9.87 Å². The molecule has 0 radical (unpaired) electrons. The number of para-hydroxylation sites is 1. The zero-order chi connectivity index (χ0) is 27.0. The van der Waals surface area contributed by atoms with Crippen molar-refractivity contribution in [3.8, 4) is 0 Å². The fourth-order valence-corrected chi connectivity index (χ4v) is 6.29. The first-order chi connectivity index (χ1) is 18.3. The maximum atomic E-state index is 13.9. The van der Waals surface area contributed by atoms with E-state index in [0.29, 0.717) is 22.8 Å². The van der Waals surface area contributed by atoms with Gasteiger partial charge < -0.3 is 5.32 Å². The van der Waals surface area contributed by atoms with E-state index >= 15 is 0 Å². The van der Waals surface area contributed by atoms with Crippen molar-refractivity contribution >= 4 is 45.0 Å². The van der Waals surface area contributed by atoms with Gasteiger partial charge in [0.15, 0.2) is 0 Å². The number of nitrogens with one attached hydrogen (secondary N) is 1. The van der Waals surface area contributed by atoms with Gasteiger partial charge in [-0.1, -0.05) is 83.9 Å². The van der Waals surface area contributed by atoms with Crippen molar-refractivity contribution in [2.24, 2.45) is 0 Å². The summed E-state index contributed by atoms with van der Waals surface area (Å²) < 4.78 is 29.1. The third-order valence-electron chi connectivity index (χ3n) is 5.91. The molecule has 0 heterocycles. The molecule has 4 rings (SSSR count). The Hall–Kier alpha value is -3.26. The largest absolute Gasteiger partial charge is 0.351 e. The highest BCUT2D eigenvalue weighted by molar-refractivity contribution is 7.98. The number of halogens is 1. The fraction of sp³-hybridized carbons (Fsp3) is 0.167. The van der Waals surface area contributed by atoms with Crippen LogP contribution in [-0.4, -0.2) is 26.6 Å². The summed E-state index contributed by atoms with van der Waals surface area (Å²) in [5, 5.41) is 3.51. The molecule has 0 aliphatic rings. The van der Waals surface area contributed by atoms with Crippen LogP contribution in [0.25, 0.3) is 0 Å². The lowest BCUT2D eigenvalue weighted by Gasteiger charge is -2.27. The second-order valence-corrected chi connectivity index (χ2v) is 12.2. The van der Waals surface area contributed by atoms with E-state index in [4.69, 9.17) is 11.6 Å². The van der Waals surface area contributed by atoms with Crippen LogP contribution in [0.5, 0.6) is 0 Å². The normalized spacial score (nSPS) is 11.2. The van der Waals surface area contributed by atoms with Crippen molar-refractivity contribution in [1.29, 1.82) is 0 Å². The number of carbonyl (C=O) groups excluding carboxylic acids is 1. The monoisotopic (exact) mass is 564 g/mol. The number of hydrogen-bond acceptors (Lipinski definition) is 4. The quantitative estimate of drug-likeness (QED) is 0.206. The van der Waals surface area contributed by atoms with Gasteiger partial charge in [0, 0.05) is 23.1 Å². The summed E-state index contributed by atoms with van der Waals surface area (Å²) in [4.78, 5) is 13.4. The van der Waals surface area contributed by atoms with Crippen LogP contribution < -0.4 is 9.62 Å². The molecule has 0 spiro atoms. The molecule has 8 heteroatoms. The van der Waals surface area contributed by atoms with E-state index in [1.807, 2.05) is 25.1 Å². The number of carbonyl (C=O) groups is 1. The second kappa shape index (κ2) is 13.0. The van der Waals surface area contributed by atoms with Crippen LogP contribution in [0.3, 0.4) is 0 Å². The summed E-state index contributed by atoms with van der Waals surface area (Å²) in [6.07, 6.45) is 0. The number of thioether (sulfide) groups is 1. The maximum absolute atomic E-state index is 13.9. The van der Waals surface area contributed by atoms with Gasteiger partial charge in [-0.3, -0.25) is 9.10 Å². The number of sulfonamides is 1. The number of aryl methyl sites for hydroxylation is 1. The molecule has 0 bridgehead atoms. The smallest absolute Gasteiger partial charge is 0.264 e. The first-order valence-electron chi connectivity index (χ1n) is 12.2. The lowest BCUT2D eigenvalue weighted by molar-refractivity contribution is 0.0957. The summed E-state index contributed by atoms with van der Waals surface area (Å²) in [6.45, 7) is 2.41. The molecule has 0 aliphatic carbocycles. The van der Waals surface area contributed by atoms with Crippen LogP contribution in [0.1, 0.15) is 27.0 Å². The zero-order valence-electron chi connectivity index (χ0n) is 21.0. The average molecular weight is 565 g/mol. The molecule has 38 heavy (non-hydrogen) atoms. The molecule has 0 saturated heterocycles. The molecule has 196 valence electrons. The molecule has 1 amide bonds. The molecular formula is C30H29ClN2O3S2. The first-order valence-corrected chi connectivity index (χ1v) is 15.1. The predicted molar refractivity (Wildman–Crippen MR) is 157 cm³/mol. The number of anilines is 1. The van der Waals surface area contributed by atoms with Gasteiger partial charge in [-0.15, -0.1) is 0 Å². The van der Waals surface area contributed by atoms with E-state index in [0.717, 1.165) is 22.6 Å². The highest BCUT2D eigenvalue weighted by Gasteiger charge is 2.28.